The van der Waals surface area contributed by atoms with Crippen LogP contribution in [0.1, 0.15) is 46.8 Å². The first-order valence-electron chi connectivity index (χ1n) is 15.0. The lowest BCUT2D eigenvalue weighted by molar-refractivity contribution is -0.384. The summed E-state index contributed by atoms with van der Waals surface area (Å²) in [7, 11) is 0. The van der Waals surface area contributed by atoms with Crippen LogP contribution >= 0.6 is 0 Å². The number of nitrogens with zero attached hydrogens (tertiary/aromatic N) is 4. The Morgan fingerprint density at radius 1 is 0.979 bits per heavy atom. The predicted molar refractivity (Wildman–Crippen MR) is 164 cm³/mol. The van der Waals surface area contributed by atoms with Gasteiger partial charge in [-0.15, -0.1) is 0 Å². The standard InChI is InChI=1S/C33H30F4N4O6/c34-32(35)46-24-7-1-4-20(17-24)16-21-5-3-9-26-29(21)38-40(30(26)22-6-2-8-25(18-22)47-33(36)37)31(42)23-10-11-27(28(19-23)41(43)44)39-12-14-45-15-13-39/h1-2,4,6-8,10-11,16-19,26,30,32-33H,3,5,9,12-15H2. The van der Waals surface area contributed by atoms with Crippen molar-refractivity contribution in [2.24, 2.45) is 11.0 Å². The van der Waals surface area contributed by atoms with Crippen LogP contribution in [0.4, 0.5) is 28.9 Å². The zero-order valence-electron chi connectivity index (χ0n) is 24.9. The first-order valence-corrected chi connectivity index (χ1v) is 15.0. The molecule has 0 radical (unpaired) electrons. The molecule has 3 aromatic carbocycles. The summed E-state index contributed by atoms with van der Waals surface area (Å²) in [5.41, 5.74) is 2.59. The van der Waals surface area contributed by atoms with E-state index in [1.807, 2.05) is 4.90 Å². The van der Waals surface area contributed by atoms with Crippen molar-refractivity contribution in [3.8, 4) is 11.5 Å². The Labute approximate surface area is 267 Å². The van der Waals surface area contributed by atoms with Gasteiger partial charge in [-0.05, 0) is 78.4 Å². The number of fused-ring (bicyclic) bond motifs is 1. The van der Waals surface area contributed by atoms with E-state index in [1.54, 1.807) is 36.4 Å². The minimum Gasteiger partial charge on any atom is -0.435 e. The van der Waals surface area contributed by atoms with Gasteiger partial charge in [0.05, 0.1) is 29.9 Å². The number of alkyl halides is 4. The third kappa shape index (κ3) is 7.07. The molecule has 10 nitrogen and oxygen atoms in total. The maximum Gasteiger partial charge on any atom is 0.387 e. The first-order chi connectivity index (χ1) is 22.7. The van der Waals surface area contributed by atoms with E-state index in [4.69, 9.17) is 9.84 Å². The number of hydrogen-bond acceptors (Lipinski definition) is 8. The highest BCUT2D eigenvalue weighted by Gasteiger charge is 2.44. The van der Waals surface area contributed by atoms with Crippen molar-refractivity contribution in [1.29, 1.82) is 0 Å². The summed E-state index contributed by atoms with van der Waals surface area (Å²) in [6.45, 7) is -4.29. The van der Waals surface area contributed by atoms with Gasteiger partial charge in [-0.25, -0.2) is 5.01 Å². The average Bonchev–Trinajstić information content (AvgIpc) is 3.45. The van der Waals surface area contributed by atoms with Crippen molar-refractivity contribution in [2.45, 2.75) is 38.5 Å². The number of nitro benzene ring substituents is 1. The molecular formula is C33H30F4N4O6. The number of hydrazone groups is 1. The van der Waals surface area contributed by atoms with Gasteiger partial charge in [0.25, 0.3) is 11.6 Å². The molecule has 2 heterocycles. The van der Waals surface area contributed by atoms with Gasteiger partial charge in [-0.2, -0.15) is 22.7 Å². The molecule has 1 saturated carbocycles. The number of morpholine rings is 1. The van der Waals surface area contributed by atoms with E-state index in [-0.39, 0.29) is 28.7 Å². The molecule has 1 aliphatic carbocycles. The second-order valence-corrected chi connectivity index (χ2v) is 11.2. The van der Waals surface area contributed by atoms with E-state index in [9.17, 15) is 32.5 Å². The lowest BCUT2D eigenvalue weighted by atomic mass is 9.77. The number of carbonyl (C=O) groups excluding carboxylic acids is 1. The molecule has 246 valence electrons. The zero-order chi connectivity index (χ0) is 33.1. The van der Waals surface area contributed by atoms with E-state index in [0.717, 1.165) is 5.57 Å². The number of rotatable bonds is 9. The number of carbonyl (C=O) groups is 1. The largest absolute Gasteiger partial charge is 0.435 e. The van der Waals surface area contributed by atoms with Crippen LogP contribution in [0, 0.1) is 16.0 Å². The van der Waals surface area contributed by atoms with Crippen LogP contribution in [-0.4, -0.2) is 61.1 Å². The van der Waals surface area contributed by atoms with Gasteiger partial charge >= 0.3 is 13.2 Å². The normalized spacial score (nSPS) is 20.4. The van der Waals surface area contributed by atoms with Gasteiger partial charge in [0.1, 0.15) is 17.2 Å². The molecule has 6 rings (SSSR count). The van der Waals surface area contributed by atoms with Crippen molar-refractivity contribution < 1.29 is 41.5 Å². The summed E-state index contributed by atoms with van der Waals surface area (Å²) in [4.78, 5) is 27.6. The van der Waals surface area contributed by atoms with Gasteiger partial charge in [0.2, 0.25) is 0 Å². The molecule has 2 aliphatic heterocycles. The molecule has 1 saturated heterocycles. The molecular weight excluding hydrogens is 624 g/mol. The fourth-order valence-electron chi connectivity index (χ4n) is 6.36. The Morgan fingerprint density at radius 3 is 2.38 bits per heavy atom. The number of hydrogen-bond donors (Lipinski definition) is 0. The Hall–Kier alpha value is -4.98. The number of nitro groups is 1. The highest BCUT2D eigenvalue weighted by atomic mass is 19.3. The summed E-state index contributed by atoms with van der Waals surface area (Å²) in [5, 5.41) is 18.2. The molecule has 2 fully saturated rings. The smallest absolute Gasteiger partial charge is 0.387 e. The van der Waals surface area contributed by atoms with Crippen LogP contribution in [-0.2, 0) is 4.74 Å². The molecule has 14 heteroatoms. The van der Waals surface area contributed by atoms with Gasteiger partial charge in [-0.3, -0.25) is 14.9 Å². The number of allylic oxidation sites excluding steroid dienone is 1. The fraction of sp³-hybridized carbons (Fsp3) is 0.333. The van der Waals surface area contributed by atoms with Crippen molar-refractivity contribution in [2.75, 3.05) is 31.2 Å². The van der Waals surface area contributed by atoms with E-state index in [2.05, 4.69) is 9.47 Å². The monoisotopic (exact) mass is 654 g/mol. The number of amides is 1. The zero-order valence-corrected chi connectivity index (χ0v) is 24.9. The van der Waals surface area contributed by atoms with Crippen molar-refractivity contribution in [3.05, 3.63) is 99.1 Å². The minimum absolute atomic E-state index is 0.0114. The second kappa shape index (κ2) is 13.8. The number of anilines is 1. The van der Waals surface area contributed by atoms with Crippen molar-refractivity contribution in [1.82, 2.24) is 5.01 Å². The topological polar surface area (TPSA) is 107 Å². The number of halogens is 4. The van der Waals surface area contributed by atoms with Crippen LogP contribution < -0.4 is 14.4 Å². The van der Waals surface area contributed by atoms with Crippen LogP contribution in [0.5, 0.6) is 11.5 Å². The van der Waals surface area contributed by atoms with Gasteiger partial charge in [0, 0.05) is 30.6 Å². The van der Waals surface area contributed by atoms with E-state index >= 15 is 0 Å². The molecule has 0 aromatic heterocycles. The SMILES string of the molecule is O=C(c1ccc(N2CCOCC2)c([N+](=O)[O-])c1)N1N=C2C(=Cc3cccc(OC(F)F)c3)CCCC2C1c1cccc(OC(F)F)c1. The highest BCUT2D eigenvalue weighted by Crippen LogP contribution is 2.46. The minimum atomic E-state index is -3.06. The van der Waals surface area contributed by atoms with E-state index < -0.39 is 30.1 Å². The number of benzene rings is 3. The first kappa shape index (κ1) is 32.0. The Morgan fingerprint density at radius 2 is 1.68 bits per heavy atom. The molecule has 3 aliphatic rings. The number of ether oxygens (including phenoxy) is 3. The van der Waals surface area contributed by atoms with Crippen molar-refractivity contribution >= 4 is 29.1 Å². The molecule has 47 heavy (non-hydrogen) atoms. The van der Waals surface area contributed by atoms with E-state index in [1.165, 1.54) is 41.4 Å². The lowest BCUT2D eigenvalue weighted by Crippen LogP contribution is -2.36. The maximum atomic E-state index is 14.2. The summed E-state index contributed by atoms with van der Waals surface area (Å²) < 4.78 is 66.5. The molecule has 0 N–H and O–H groups in total. The molecule has 0 bridgehead atoms. The Kier molecular flexibility index (Phi) is 9.38. The molecule has 2 atom stereocenters. The molecule has 2 unspecified atom stereocenters. The van der Waals surface area contributed by atoms with Gasteiger partial charge < -0.3 is 19.1 Å². The summed E-state index contributed by atoms with van der Waals surface area (Å²) in [6, 6.07) is 15.8. The summed E-state index contributed by atoms with van der Waals surface area (Å²) in [6.07, 6.45) is 3.69. The average molecular weight is 655 g/mol. The third-order valence-electron chi connectivity index (χ3n) is 8.33. The van der Waals surface area contributed by atoms with Crippen LogP contribution in [0.3, 0.4) is 0 Å². The molecule has 3 aromatic rings. The van der Waals surface area contributed by atoms with Gasteiger partial charge in [-0.1, -0.05) is 24.3 Å². The maximum absolute atomic E-state index is 14.2. The van der Waals surface area contributed by atoms with Crippen molar-refractivity contribution in [3.63, 3.8) is 0 Å². The van der Waals surface area contributed by atoms with Crippen LogP contribution in [0.15, 0.2) is 77.4 Å². The quantitative estimate of drug-likeness (QED) is 0.138. The molecule has 0 spiro atoms. The third-order valence-corrected chi connectivity index (χ3v) is 8.33. The highest BCUT2D eigenvalue weighted by molar-refractivity contribution is 6.09. The fourth-order valence-corrected chi connectivity index (χ4v) is 6.36. The van der Waals surface area contributed by atoms with Crippen LogP contribution in [0.25, 0.3) is 6.08 Å². The molecule has 1 amide bonds. The van der Waals surface area contributed by atoms with Gasteiger partial charge in [0.15, 0.2) is 0 Å². The Bertz CT molecular complexity index is 1710. The Balaban J connectivity index is 1.40. The summed E-state index contributed by atoms with van der Waals surface area (Å²) in [5.74, 6) is -1.07. The predicted octanol–water partition coefficient (Wildman–Crippen LogP) is 7.07. The summed E-state index contributed by atoms with van der Waals surface area (Å²) >= 11 is 0. The van der Waals surface area contributed by atoms with Crippen LogP contribution in [0.2, 0.25) is 0 Å². The van der Waals surface area contributed by atoms with E-state index in [0.29, 0.717) is 68.1 Å². The lowest BCUT2D eigenvalue weighted by Gasteiger charge is -2.30. The second-order valence-electron chi connectivity index (χ2n) is 11.2.